The smallest absolute Gasteiger partial charge is 0.417 e. The molecule has 0 aromatic heterocycles. The number of methoxy groups -OCH3 is 1. The van der Waals surface area contributed by atoms with Crippen molar-refractivity contribution in [2.24, 2.45) is 0 Å². The van der Waals surface area contributed by atoms with Crippen molar-refractivity contribution in [3.05, 3.63) is 34.9 Å². The van der Waals surface area contributed by atoms with Gasteiger partial charge in [-0.05, 0) is 38.5 Å². The number of halogens is 1. The largest absolute Gasteiger partial charge is 0.467 e. The molecular formula is C17H20ClNO5. The molecule has 7 heteroatoms. The normalized spacial score (nSPS) is 20.9. The van der Waals surface area contributed by atoms with Gasteiger partial charge in [0.25, 0.3) is 0 Å². The molecule has 1 aliphatic heterocycles. The number of hydrogen-bond acceptors (Lipinski definition) is 5. The van der Waals surface area contributed by atoms with E-state index in [0.29, 0.717) is 5.02 Å². The Bertz CT molecular complexity index is 650. The molecule has 0 radical (unpaired) electrons. The molecule has 1 saturated heterocycles. The van der Waals surface area contributed by atoms with Crippen LogP contribution in [-0.4, -0.2) is 41.6 Å². The van der Waals surface area contributed by atoms with Gasteiger partial charge in [-0.25, -0.2) is 14.5 Å². The fourth-order valence-electron chi connectivity index (χ4n) is 2.66. The van der Waals surface area contributed by atoms with E-state index in [-0.39, 0.29) is 6.42 Å². The van der Waals surface area contributed by atoms with Crippen molar-refractivity contribution in [3.63, 3.8) is 0 Å². The van der Waals surface area contributed by atoms with Crippen LogP contribution in [0.1, 0.15) is 38.7 Å². The molecule has 130 valence electrons. The highest BCUT2D eigenvalue weighted by molar-refractivity contribution is 6.30. The van der Waals surface area contributed by atoms with E-state index in [0.717, 1.165) is 10.5 Å². The molecule has 0 bridgehead atoms. The van der Waals surface area contributed by atoms with Crippen molar-refractivity contribution in [3.8, 4) is 0 Å². The zero-order valence-corrected chi connectivity index (χ0v) is 14.8. The van der Waals surface area contributed by atoms with Crippen LogP contribution < -0.4 is 0 Å². The van der Waals surface area contributed by atoms with Crippen LogP contribution in [0.3, 0.4) is 0 Å². The summed E-state index contributed by atoms with van der Waals surface area (Å²) in [4.78, 5) is 37.9. The van der Waals surface area contributed by atoms with Crippen LogP contribution in [-0.2, 0) is 19.1 Å². The molecule has 2 amide bonds. The second kappa shape index (κ2) is 6.81. The Morgan fingerprint density at radius 1 is 1.21 bits per heavy atom. The fourth-order valence-corrected chi connectivity index (χ4v) is 2.79. The predicted octanol–water partition coefficient (Wildman–Crippen LogP) is 3.13. The third-order valence-corrected chi connectivity index (χ3v) is 3.91. The van der Waals surface area contributed by atoms with E-state index < -0.39 is 35.5 Å². The molecule has 0 aliphatic carbocycles. The van der Waals surface area contributed by atoms with Crippen LogP contribution >= 0.6 is 11.6 Å². The maximum absolute atomic E-state index is 12.4. The number of likely N-dealkylation sites (tertiary alicyclic amines) is 1. The Morgan fingerprint density at radius 3 is 2.29 bits per heavy atom. The van der Waals surface area contributed by atoms with Gasteiger partial charge in [0.05, 0.1) is 7.11 Å². The third-order valence-electron chi connectivity index (χ3n) is 3.65. The molecule has 1 heterocycles. The van der Waals surface area contributed by atoms with Gasteiger partial charge in [-0.3, -0.25) is 4.79 Å². The lowest BCUT2D eigenvalue weighted by atomic mass is 9.91. The van der Waals surface area contributed by atoms with Crippen LogP contribution in [0.25, 0.3) is 0 Å². The maximum Gasteiger partial charge on any atom is 0.417 e. The molecule has 1 aromatic carbocycles. The van der Waals surface area contributed by atoms with Crippen LogP contribution in [0.4, 0.5) is 4.79 Å². The third kappa shape index (κ3) is 3.87. The number of carbonyl (C=O) groups excluding carboxylic acids is 3. The van der Waals surface area contributed by atoms with Gasteiger partial charge in [-0.2, -0.15) is 0 Å². The Labute approximate surface area is 145 Å². The van der Waals surface area contributed by atoms with Gasteiger partial charge in [-0.1, -0.05) is 23.7 Å². The molecule has 24 heavy (non-hydrogen) atoms. The molecule has 1 fully saturated rings. The summed E-state index contributed by atoms with van der Waals surface area (Å²) >= 11 is 5.88. The minimum Gasteiger partial charge on any atom is -0.467 e. The Hall–Kier alpha value is -2.08. The van der Waals surface area contributed by atoms with Gasteiger partial charge in [0.1, 0.15) is 11.6 Å². The topological polar surface area (TPSA) is 72.9 Å². The van der Waals surface area contributed by atoms with Crippen LogP contribution in [0, 0.1) is 0 Å². The second-order valence-electron chi connectivity index (χ2n) is 6.57. The molecule has 0 N–H and O–H groups in total. The number of carbonyl (C=O) groups is 3. The Morgan fingerprint density at radius 2 is 1.79 bits per heavy atom. The summed E-state index contributed by atoms with van der Waals surface area (Å²) in [5.41, 5.74) is -0.0506. The first-order valence-corrected chi connectivity index (χ1v) is 7.90. The van der Waals surface area contributed by atoms with Gasteiger partial charge in [0.2, 0.25) is 5.91 Å². The van der Waals surface area contributed by atoms with Gasteiger partial charge >= 0.3 is 12.1 Å². The summed E-state index contributed by atoms with van der Waals surface area (Å²) in [7, 11) is 1.22. The minimum atomic E-state index is -1.06. The Balaban J connectivity index is 2.37. The lowest BCUT2D eigenvalue weighted by molar-refractivity contribution is -0.149. The minimum absolute atomic E-state index is 0.0145. The summed E-state index contributed by atoms with van der Waals surface area (Å²) < 4.78 is 10.1. The van der Waals surface area contributed by atoms with Gasteiger partial charge in [-0.15, -0.1) is 0 Å². The molecule has 1 aromatic rings. The van der Waals surface area contributed by atoms with E-state index in [1.165, 1.54) is 7.11 Å². The molecule has 0 unspecified atom stereocenters. The van der Waals surface area contributed by atoms with Crippen molar-refractivity contribution >= 4 is 29.6 Å². The van der Waals surface area contributed by atoms with Crippen molar-refractivity contribution in [1.29, 1.82) is 0 Å². The summed E-state index contributed by atoms with van der Waals surface area (Å²) in [5.74, 6) is -1.64. The first-order chi connectivity index (χ1) is 11.1. The number of imide groups is 1. The van der Waals surface area contributed by atoms with Crippen LogP contribution in [0.2, 0.25) is 5.02 Å². The zero-order valence-electron chi connectivity index (χ0n) is 14.0. The van der Waals surface area contributed by atoms with E-state index >= 15 is 0 Å². The lowest BCUT2D eigenvalue weighted by Gasteiger charge is -2.27. The zero-order chi connectivity index (χ0) is 18.1. The molecule has 1 aliphatic rings. The highest BCUT2D eigenvalue weighted by Crippen LogP contribution is 2.36. The summed E-state index contributed by atoms with van der Waals surface area (Å²) in [5, 5.41) is 0.543. The predicted molar refractivity (Wildman–Crippen MR) is 87.7 cm³/mol. The standard InChI is InChI=1S/C17H20ClNO5/c1-17(2,3)24-16(22)19-13(20)9-12(14(19)15(21)23-4)10-5-7-11(18)8-6-10/h5-8,12,14H,9H2,1-4H3/t12-,14+/m1/s1. The van der Waals surface area contributed by atoms with Crippen molar-refractivity contribution in [1.82, 2.24) is 4.90 Å². The first kappa shape index (κ1) is 18.3. The molecule has 0 saturated carbocycles. The van der Waals surface area contributed by atoms with Crippen molar-refractivity contribution in [2.75, 3.05) is 7.11 Å². The summed E-state index contributed by atoms with van der Waals surface area (Å²) in [6, 6.07) is 5.75. The van der Waals surface area contributed by atoms with Crippen LogP contribution in [0.5, 0.6) is 0 Å². The quantitative estimate of drug-likeness (QED) is 0.764. The molecule has 2 rings (SSSR count). The van der Waals surface area contributed by atoms with Gasteiger partial charge in [0, 0.05) is 17.4 Å². The van der Waals surface area contributed by atoms with Crippen molar-refractivity contribution in [2.45, 2.75) is 44.8 Å². The first-order valence-electron chi connectivity index (χ1n) is 7.52. The summed E-state index contributed by atoms with van der Waals surface area (Å²) in [6.45, 7) is 5.07. The van der Waals surface area contributed by atoms with Gasteiger partial charge in [0.15, 0.2) is 0 Å². The Kier molecular flexibility index (Phi) is 5.18. The number of rotatable bonds is 2. The van der Waals surface area contributed by atoms with Crippen LogP contribution in [0.15, 0.2) is 24.3 Å². The molecule has 6 nitrogen and oxygen atoms in total. The monoisotopic (exact) mass is 353 g/mol. The average molecular weight is 354 g/mol. The molecular weight excluding hydrogens is 334 g/mol. The average Bonchev–Trinajstić information content (AvgIpc) is 2.83. The second-order valence-corrected chi connectivity index (χ2v) is 7.01. The number of nitrogens with zero attached hydrogens (tertiary/aromatic N) is 1. The fraction of sp³-hybridized carbons (Fsp3) is 0.471. The van der Waals surface area contributed by atoms with Crippen molar-refractivity contribution < 1.29 is 23.9 Å². The highest BCUT2D eigenvalue weighted by atomic mass is 35.5. The van der Waals surface area contributed by atoms with E-state index in [4.69, 9.17) is 21.1 Å². The van der Waals surface area contributed by atoms with E-state index in [1.807, 2.05) is 0 Å². The number of esters is 1. The number of ether oxygens (including phenoxy) is 2. The number of amides is 2. The summed E-state index contributed by atoms with van der Waals surface area (Å²) in [6.07, 6.45) is -0.833. The lowest BCUT2D eigenvalue weighted by Crippen LogP contribution is -2.47. The van der Waals surface area contributed by atoms with E-state index in [1.54, 1.807) is 45.0 Å². The number of hydrogen-bond donors (Lipinski definition) is 0. The highest BCUT2D eigenvalue weighted by Gasteiger charge is 2.50. The molecule has 0 spiro atoms. The molecule has 2 atom stereocenters. The van der Waals surface area contributed by atoms with E-state index in [2.05, 4.69) is 0 Å². The number of benzene rings is 1. The SMILES string of the molecule is COC(=O)[C@@H]1[C@@H](c2ccc(Cl)cc2)CC(=O)N1C(=O)OC(C)(C)C. The van der Waals surface area contributed by atoms with E-state index in [9.17, 15) is 14.4 Å². The maximum atomic E-state index is 12.4. The van der Waals surface area contributed by atoms with Gasteiger partial charge < -0.3 is 9.47 Å².